The van der Waals surface area contributed by atoms with Crippen molar-refractivity contribution in [3.63, 3.8) is 0 Å². The number of hydrogen-bond donors (Lipinski definition) is 1. The number of pyridine rings is 1. The largest absolute Gasteiger partial charge is 0.444 e. The number of ether oxygens (including phenoxy) is 1. The quantitative estimate of drug-likeness (QED) is 0.866. The highest BCUT2D eigenvalue weighted by Crippen LogP contribution is 2.31. The van der Waals surface area contributed by atoms with Crippen molar-refractivity contribution in [3.05, 3.63) is 29.5 Å². The van der Waals surface area contributed by atoms with E-state index in [0.29, 0.717) is 13.1 Å². The van der Waals surface area contributed by atoms with Crippen LogP contribution in [0.3, 0.4) is 0 Å². The fourth-order valence-electron chi connectivity index (χ4n) is 2.91. The van der Waals surface area contributed by atoms with Crippen LogP contribution in [-0.2, 0) is 11.2 Å². The number of carbonyl (C=O) groups excluding carboxylic acids is 1. The highest BCUT2D eigenvalue weighted by Gasteiger charge is 2.25. The topological polar surface area (TPSA) is 54.5 Å². The van der Waals surface area contributed by atoms with E-state index in [1.807, 2.05) is 27.0 Å². The van der Waals surface area contributed by atoms with Gasteiger partial charge in [-0.1, -0.05) is 6.08 Å². The number of hydrogen-bond acceptors (Lipinski definition) is 4. The van der Waals surface area contributed by atoms with Crippen LogP contribution in [0.4, 0.5) is 10.6 Å². The number of fused-ring (bicyclic) bond motifs is 1. The molecule has 5 nitrogen and oxygen atoms in total. The van der Waals surface area contributed by atoms with E-state index < -0.39 is 5.60 Å². The molecule has 3 rings (SSSR count). The van der Waals surface area contributed by atoms with Gasteiger partial charge in [0, 0.05) is 31.4 Å². The minimum atomic E-state index is -0.446. The van der Waals surface area contributed by atoms with Gasteiger partial charge in [-0.2, -0.15) is 0 Å². The molecule has 0 atom stereocenters. The van der Waals surface area contributed by atoms with Crippen molar-refractivity contribution in [2.75, 3.05) is 25.0 Å². The molecule has 0 unspecified atom stereocenters. The van der Waals surface area contributed by atoms with Crippen LogP contribution in [0, 0.1) is 0 Å². The van der Waals surface area contributed by atoms with Crippen molar-refractivity contribution in [1.82, 2.24) is 9.88 Å². The smallest absolute Gasteiger partial charge is 0.410 e. The molecule has 0 saturated carbocycles. The summed E-state index contributed by atoms with van der Waals surface area (Å²) in [7, 11) is 0. The third-order valence-corrected chi connectivity index (χ3v) is 3.93. The monoisotopic (exact) mass is 301 g/mol. The van der Waals surface area contributed by atoms with E-state index in [-0.39, 0.29) is 6.09 Å². The molecule has 1 amide bonds. The van der Waals surface area contributed by atoms with Crippen molar-refractivity contribution >= 4 is 17.5 Å². The van der Waals surface area contributed by atoms with Crippen LogP contribution in [-0.4, -0.2) is 41.2 Å². The normalized spacial score (nSPS) is 17.6. The van der Waals surface area contributed by atoms with E-state index in [2.05, 4.69) is 22.4 Å². The molecule has 2 aliphatic rings. The first kappa shape index (κ1) is 14.9. The SMILES string of the molecule is CC(C)(C)OC(=O)N1CC=C(c2ccnc3c2CCN3)CC1. The van der Waals surface area contributed by atoms with E-state index in [4.69, 9.17) is 4.74 Å². The molecule has 3 heterocycles. The average Bonchev–Trinajstić information content (AvgIpc) is 2.94. The molecule has 1 aromatic heterocycles. The Bertz CT molecular complexity index is 617. The second-order valence-corrected chi connectivity index (χ2v) is 6.77. The molecule has 5 heteroatoms. The van der Waals surface area contributed by atoms with Crippen molar-refractivity contribution in [1.29, 1.82) is 0 Å². The predicted octanol–water partition coefficient (Wildman–Crippen LogP) is 3.07. The van der Waals surface area contributed by atoms with E-state index in [1.54, 1.807) is 4.90 Å². The number of carbonyl (C=O) groups is 1. The maximum atomic E-state index is 12.1. The van der Waals surface area contributed by atoms with Gasteiger partial charge in [-0.25, -0.2) is 9.78 Å². The van der Waals surface area contributed by atoms with Gasteiger partial charge in [0.05, 0.1) is 0 Å². The molecule has 1 aromatic rings. The predicted molar refractivity (Wildman–Crippen MR) is 86.8 cm³/mol. The lowest BCUT2D eigenvalue weighted by atomic mass is 9.95. The van der Waals surface area contributed by atoms with Gasteiger partial charge in [0.25, 0.3) is 0 Å². The second kappa shape index (κ2) is 5.63. The summed E-state index contributed by atoms with van der Waals surface area (Å²) < 4.78 is 5.43. The van der Waals surface area contributed by atoms with Crippen LogP contribution in [0.5, 0.6) is 0 Å². The molecule has 2 aliphatic heterocycles. The number of rotatable bonds is 1. The Morgan fingerprint density at radius 3 is 2.86 bits per heavy atom. The summed E-state index contributed by atoms with van der Waals surface area (Å²) in [6, 6.07) is 2.08. The Kier molecular flexibility index (Phi) is 3.81. The minimum absolute atomic E-state index is 0.232. The number of nitrogens with one attached hydrogen (secondary N) is 1. The summed E-state index contributed by atoms with van der Waals surface area (Å²) in [5.74, 6) is 1.01. The lowest BCUT2D eigenvalue weighted by Gasteiger charge is -2.30. The molecule has 0 radical (unpaired) electrons. The first-order valence-corrected chi connectivity index (χ1v) is 7.83. The van der Waals surface area contributed by atoms with Gasteiger partial charge in [0.2, 0.25) is 0 Å². The summed E-state index contributed by atoms with van der Waals surface area (Å²) in [6.07, 6.45) is 5.64. The van der Waals surface area contributed by atoms with Crippen LogP contribution in [0.15, 0.2) is 18.3 Å². The molecular formula is C17H23N3O2. The van der Waals surface area contributed by atoms with Crippen molar-refractivity contribution in [2.45, 2.75) is 39.2 Å². The van der Waals surface area contributed by atoms with Crippen LogP contribution in [0.1, 0.15) is 38.3 Å². The maximum absolute atomic E-state index is 12.1. The lowest BCUT2D eigenvalue weighted by molar-refractivity contribution is 0.0270. The molecule has 0 bridgehead atoms. The molecule has 0 fully saturated rings. The Hall–Kier alpha value is -2.04. The average molecular weight is 301 g/mol. The zero-order valence-electron chi connectivity index (χ0n) is 13.5. The van der Waals surface area contributed by atoms with Crippen molar-refractivity contribution in [3.8, 4) is 0 Å². The minimum Gasteiger partial charge on any atom is -0.444 e. The van der Waals surface area contributed by atoms with E-state index in [1.165, 1.54) is 16.7 Å². The molecule has 118 valence electrons. The number of aromatic nitrogens is 1. The van der Waals surface area contributed by atoms with Gasteiger partial charge in [-0.3, -0.25) is 0 Å². The van der Waals surface area contributed by atoms with Gasteiger partial charge >= 0.3 is 6.09 Å². The molecule has 0 saturated heterocycles. The number of amides is 1. The third kappa shape index (κ3) is 3.08. The summed E-state index contributed by atoms with van der Waals surface area (Å²) in [5, 5.41) is 3.31. The van der Waals surface area contributed by atoms with Gasteiger partial charge in [-0.05, 0) is 50.8 Å². The van der Waals surface area contributed by atoms with Crippen molar-refractivity contribution < 1.29 is 9.53 Å². The van der Waals surface area contributed by atoms with Crippen LogP contribution in [0.2, 0.25) is 0 Å². The molecule has 1 N–H and O–H groups in total. The van der Waals surface area contributed by atoms with Gasteiger partial charge in [-0.15, -0.1) is 0 Å². The Morgan fingerprint density at radius 2 is 2.18 bits per heavy atom. The molecule has 0 spiro atoms. The van der Waals surface area contributed by atoms with Crippen molar-refractivity contribution in [2.24, 2.45) is 0 Å². The summed E-state index contributed by atoms with van der Waals surface area (Å²) in [5.41, 5.74) is 3.44. The summed E-state index contributed by atoms with van der Waals surface area (Å²) in [6.45, 7) is 7.94. The van der Waals surface area contributed by atoms with Crippen LogP contribution in [0.25, 0.3) is 5.57 Å². The highest BCUT2D eigenvalue weighted by atomic mass is 16.6. The first-order valence-electron chi connectivity index (χ1n) is 7.83. The standard InChI is InChI=1S/C17H23N3O2/c1-17(2,3)22-16(21)20-10-6-12(7-11-20)13-4-8-18-15-14(13)5-9-19-15/h4,6,8H,5,7,9-11H2,1-3H3,(H,18,19). The zero-order valence-corrected chi connectivity index (χ0v) is 13.5. The van der Waals surface area contributed by atoms with E-state index >= 15 is 0 Å². The first-order chi connectivity index (χ1) is 10.4. The molecule has 0 aliphatic carbocycles. The molecular weight excluding hydrogens is 278 g/mol. The second-order valence-electron chi connectivity index (χ2n) is 6.77. The van der Waals surface area contributed by atoms with Gasteiger partial charge in [0.15, 0.2) is 0 Å². The van der Waals surface area contributed by atoms with Crippen LogP contribution >= 0.6 is 0 Å². The third-order valence-electron chi connectivity index (χ3n) is 3.93. The fourth-order valence-corrected chi connectivity index (χ4v) is 2.91. The van der Waals surface area contributed by atoms with E-state index in [0.717, 1.165) is 25.2 Å². The Balaban J connectivity index is 1.72. The number of nitrogens with zero attached hydrogens (tertiary/aromatic N) is 2. The lowest BCUT2D eigenvalue weighted by Crippen LogP contribution is -2.39. The zero-order chi connectivity index (χ0) is 15.7. The Labute approximate surface area is 131 Å². The fraction of sp³-hybridized carbons (Fsp3) is 0.529. The van der Waals surface area contributed by atoms with Crippen LogP contribution < -0.4 is 5.32 Å². The van der Waals surface area contributed by atoms with Gasteiger partial charge < -0.3 is 15.0 Å². The number of anilines is 1. The maximum Gasteiger partial charge on any atom is 0.410 e. The Morgan fingerprint density at radius 1 is 1.36 bits per heavy atom. The molecule has 0 aromatic carbocycles. The summed E-state index contributed by atoms with van der Waals surface area (Å²) >= 11 is 0. The molecule has 22 heavy (non-hydrogen) atoms. The van der Waals surface area contributed by atoms with E-state index in [9.17, 15) is 4.79 Å². The van der Waals surface area contributed by atoms with Gasteiger partial charge in [0.1, 0.15) is 11.4 Å². The summed E-state index contributed by atoms with van der Waals surface area (Å²) in [4.78, 5) is 18.2. The highest BCUT2D eigenvalue weighted by molar-refractivity contribution is 5.76.